The number of fused-ring (bicyclic) bond motifs is 1. The standard InChI is InChI=1S/C19H21BrN2/c1-14(10-16-6-4-3-5-7-16)17-11-15(2)19-18(12-17)22(9-8-20)13-21-19/h3-7,11-14H,8-10H2,1-2H3. The molecule has 1 unspecified atom stereocenters. The van der Waals surface area contributed by atoms with Crippen LogP contribution in [0.15, 0.2) is 48.8 Å². The number of alkyl halides is 1. The minimum absolute atomic E-state index is 0.498. The van der Waals surface area contributed by atoms with Crippen molar-refractivity contribution in [3.05, 3.63) is 65.5 Å². The molecule has 0 aliphatic rings. The van der Waals surface area contributed by atoms with Gasteiger partial charge in [0.2, 0.25) is 0 Å². The van der Waals surface area contributed by atoms with E-state index in [9.17, 15) is 0 Å². The minimum atomic E-state index is 0.498. The van der Waals surface area contributed by atoms with Crippen molar-refractivity contribution < 1.29 is 0 Å². The van der Waals surface area contributed by atoms with Gasteiger partial charge in [-0.1, -0.05) is 59.3 Å². The molecule has 0 aliphatic heterocycles. The molecule has 3 rings (SSSR count). The third-order valence-electron chi connectivity index (χ3n) is 4.22. The van der Waals surface area contributed by atoms with E-state index in [0.717, 1.165) is 23.8 Å². The largest absolute Gasteiger partial charge is 0.330 e. The summed E-state index contributed by atoms with van der Waals surface area (Å²) >= 11 is 3.52. The highest BCUT2D eigenvalue weighted by atomic mass is 79.9. The molecule has 114 valence electrons. The molecule has 22 heavy (non-hydrogen) atoms. The van der Waals surface area contributed by atoms with Gasteiger partial charge < -0.3 is 4.57 Å². The Balaban J connectivity index is 1.94. The molecule has 2 aromatic carbocycles. The number of nitrogens with zero attached hydrogens (tertiary/aromatic N) is 2. The van der Waals surface area contributed by atoms with Gasteiger partial charge in [-0.05, 0) is 42.0 Å². The molecule has 0 N–H and O–H groups in total. The number of hydrogen-bond donors (Lipinski definition) is 0. The summed E-state index contributed by atoms with van der Waals surface area (Å²) in [6, 6.07) is 15.3. The summed E-state index contributed by atoms with van der Waals surface area (Å²) < 4.78 is 2.23. The molecule has 2 nitrogen and oxygen atoms in total. The first kappa shape index (κ1) is 15.3. The minimum Gasteiger partial charge on any atom is -0.330 e. The lowest BCUT2D eigenvalue weighted by atomic mass is 9.92. The molecular weight excluding hydrogens is 336 g/mol. The fourth-order valence-corrected chi connectivity index (χ4v) is 3.39. The Morgan fingerprint density at radius 3 is 2.68 bits per heavy atom. The highest BCUT2D eigenvalue weighted by Crippen LogP contribution is 2.27. The van der Waals surface area contributed by atoms with Crippen LogP contribution in [0, 0.1) is 6.92 Å². The molecule has 0 saturated carbocycles. The van der Waals surface area contributed by atoms with Crippen LogP contribution in [-0.4, -0.2) is 14.9 Å². The number of benzene rings is 2. The molecule has 1 atom stereocenters. The van der Waals surface area contributed by atoms with Gasteiger partial charge in [0, 0.05) is 11.9 Å². The predicted octanol–water partition coefficient (Wildman–Crippen LogP) is 5.09. The van der Waals surface area contributed by atoms with E-state index in [1.54, 1.807) is 0 Å². The zero-order valence-corrected chi connectivity index (χ0v) is 14.7. The topological polar surface area (TPSA) is 17.8 Å². The van der Waals surface area contributed by atoms with Crippen molar-refractivity contribution >= 4 is 27.0 Å². The zero-order valence-electron chi connectivity index (χ0n) is 13.1. The van der Waals surface area contributed by atoms with Crippen LogP contribution in [0.3, 0.4) is 0 Å². The van der Waals surface area contributed by atoms with Gasteiger partial charge in [0.25, 0.3) is 0 Å². The lowest BCUT2D eigenvalue weighted by Gasteiger charge is -2.14. The van der Waals surface area contributed by atoms with Crippen LogP contribution in [0.2, 0.25) is 0 Å². The molecule has 0 saturated heterocycles. The van der Waals surface area contributed by atoms with Crippen LogP contribution in [0.5, 0.6) is 0 Å². The maximum Gasteiger partial charge on any atom is 0.0958 e. The molecule has 3 heteroatoms. The summed E-state index contributed by atoms with van der Waals surface area (Å²) in [4.78, 5) is 4.56. The van der Waals surface area contributed by atoms with Crippen LogP contribution in [0.4, 0.5) is 0 Å². The number of hydrogen-bond acceptors (Lipinski definition) is 1. The second kappa shape index (κ2) is 6.66. The maximum absolute atomic E-state index is 4.56. The van der Waals surface area contributed by atoms with E-state index in [-0.39, 0.29) is 0 Å². The van der Waals surface area contributed by atoms with Crippen molar-refractivity contribution in [2.75, 3.05) is 5.33 Å². The molecule has 3 aromatic rings. The summed E-state index contributed by atoms with van der Waals surface area (Å²) in [7, 11) is 0. The summed E-state index contributed by atoms with van der Waals surface area (Å²) in [5.74, 6) is 0.498. The van der Waals surface area contributed by atoms with Crippen molar-refractivity contribution in [1.29, 1.82) is 0 Å². The van der Waals surface area contributed by atoms with Gasteiger partial charge in [-0.25, -0.2) is 4.98 Å². The number of aryl methyl sites for hydroxylation is 2. The summed E-state index contributed by atoms with van der Waals surface area (Å²) in [6.45, 7) is 5.41. The highest BCUT2D eigenvalue weighted by Gasteiger charge is 2.12. The van der Waals surface area contributed by atoms with Crippen molar-refractivity contribution in [2.24, 2.45) is 0 Å². The number of rotatable bonds is 5. The fraction of sp³-hybridized carbons (Fsp3) is 0.316. The van der Waals surface area contributed by atoms with E-state index in [1.807, 2.05) is 6.33 Å². The number of aromatic nitrogens is 2. The Bertz CT molecular complexity index is 762. The van der Waals surface area contributed by atoms with E-state index in [0.29, 0.717) is 5.92 Å². The van der Waals surface area contributed by atoms with Crippen molar-refractivity contribution in [3.8, 4) is 0 Å². The second-order valence-corrected chi connectivity index (χ2v) is 6.72. The molecule has 0 fully saturated rings. The zero-order chi connectivity index (χ0) is 15.5. The quantitative estimate of drug-likeness (QED) is 0.582. The van der Waals surface area contributed by atoms with Crippen molar-refractivity contribution in [3.63, 3.8) is 0 Å². The third kappa shape index (κ3) is 3.09. The SMILES string of the molecule is Cc1cc(C(C)Cc2ccccc2)cc2c1ncn2CCBr. The van der Waals surface area contributed by atoms with E-state index in [1.165, 1.54) is 22.2 Å². The smallest absolute Gasteiger partial charge is 0.0958 e. The fourth-order valence-electron chi connectivity index (χ4n) is 3.00. The number of halogens is 1. The molecule has 0 spiro atoms. The monoisotopic (exact) mass is 356 g/mol. The average molecular weight is 357 g/mol. The molecule has 0 radical (unpaired) electrons. The molecule has 1 heterocycles. The van der Waals surface area contributed by atoms with Gasteiger partial charge in [-0.3, -0.25) is 0 Å². The Labute approximate surface area is 140 Å². The molecule has 0 amide bonds. The van der Waals surface area contributed by atoms with E-state index >= 15 is 0 Å². The van der Waals surface area contributed by atoms with E-state index in [2.05, 4.69) is 81.8 Å². The lowest BCUT2D eigenvalue weighted by molar-refractivity contribution is 0.756. The van der Waals surface area contributed by atoms with Crippen molar-refractivity contribution in [1.82, 2.24) is 9.55 Å². The van der Waals surface area contributed by atoms with Crippen LogP contribution >= 0.6 is 15.9 Å². The lowest BCUT2D eigenvalue weighted by Crippen LogP contribution is -2.01. The number of imidazole rings is 1. The average Bonchev–Trinajstić information content (AvgIpc) is 2.92. The first-order valence-corrected chi connectivity index (χ1v) is 8.86. The van der Waals surface area contributed by atoms with Gasteiger partial charge in [0.1, 0.15) is 0 Å². The van der Waals surface area contributed by atoms with Gasteiger partial charge in [0.05, 0.1) is 17.4 Å². The highest BCUT2D eigenvalue weighted by molar-refractivity contribution is 9.09. The molecule has 0 aliphatic carbocycles. The Morgan fingerprint density at radius 2 is 1.95 bits per heavy atom. The summed E-state index contributed by atoms with van der Waals surface area (Å²) in [6.07, 6.45) is 3.02. The maximum atomic E-state index is 4.56. The van der Waals surface area contributed by atoms with Crippen LogP contribution in [0.25, 0.3) is 11.0 Å². The normalized spacial score (nSPS) is 12.7. The van der Waals surface area contributed by atoms with Crippen molar-refractivity contribution in [2.45, 2.75) is 32.7 Å². The van der Waals surface area contributed by atoms with Crippen LogP contribution < -0.4 is 0 Å². The first-order chi connectivity index (χ1) is 10.7. The summed E-state index contributed by atoms with van der Waals surface area (Å²) in [5, 5.41) is 0.946. The Morgan fingerprint density at radius 1 is 1.18 bits per heavy atom. The third-order valence-corrected chi connectivity index (χ3v) is 4.57. The van der Waals surface area contributed by atoms with Gasteiger partial charge >= 0.3 is 0 Å². The Kier molecular flexibility index (Phi) is 4.63. The second-order valence-electron chi connectivity index (χ2n) is 5.92. The van der Waals surface area contributed by atoms with Gasteiger partial charge in [-0.2, -0.15) is 0 Å². The van der Waals surface area contributed by atoms with Crippen LogP contribution in [-0.2, 0) is 13.0 Å². The van der Waals surface area contributed by atoms with E-state index < -0.39 is 0 Å². The van der Waals surface area contributed by atoms with Crippen LogP contribution in [0.1, 0.15) is 29.5 Å². The van der Waals surface area contributed by atoms with E-state index in [4.69, 9.17) is 0 Å². The van der Waals surface area contributed by atoms with Gasteiger partial charge in [0.15, 0.2) is 0 Å². The molecular formula is C19H21BrN2. The first-order valence-electron chi connectivity index (χ1n) is 7.74. The predicted molar refractivity (Wildman–Crippen MR) is 96.8 cm³/mol. The summed E-state index contributed by atoms with van der Waals surface area (Å²) in [5.41, 5.74) is 6.42. The Hall–Kier alpha value is -1.61. The molecule has 1 aromatic heterocycles. The molecule has 0 bridgehead atoms. The van der Waals surface area contributed by atoms with Gasteiger partial charge in [-0.15, -0.1) is 0 Å².